The molecule has 1 amide bonds. The lowest BCUT2D eigenvalue weighted by Gasteiger charge is -2.26. The standard InChI is InChI=1S/C28H25Cl2NO4/c29-20-7-1-17(2-8-20)11-13-31-28(33)19-5-9-21(10-6-19)35-26-16-25-23(15-24(26)30)22(12-14-34-25)27(32)18-3-4-18/h1-2,5-10,15-16,22,32H,3-4,11-14H2,(H,31,33). The number of hydrogen-bond donors (Lipinski definition) is 2. The lowest BCUT2D eigenvalue weighted by molar-refractivity contribution is 0.0954. The summed E-state index contributed by atoms with van der Waals surface area (Å²) in [6, 6.07) is 18.1. The van der Waals surface area contributed by atoms with Gasteiger partial charge in [-0.15, -0.1) is 0 Å². The molecule has 1 aliphatic carbocycles. The number of allylic oxidation sites excluding steroid dienone is 2. The van der Waals surface area contributed by atoms with Crippen LogP contribution in [0.4, 0.5) is 0 Å². The predicted molar refractivity (Wildman–Crippen MR) is 137 cm³/mol. The zero-order chi connectivity index (χ0) is 24.4. The lowest BCUT2D eigenvalue weighted by atomic mass is 9.90. The largest absolute Gasteiger partial charge is 0.512 e. The zero-order valence-electron chi connectivity index (χ0n) is 19.0. The number of nitrogens with one attached hydrogen (secondary N) is 1. The van der Waals surface area contributed by atoms with E-state index < -0.39 is 0 Å². The van der Waals surface area contributed by atoms with Crippen LogP contribution < -0.4 is 14.8 Å². The predicted octanol–water partition coefficient (Wildman–Crippen LogP) is 7.23. The summed E-state index contributed by atoms with van der Waals surface area (Å²) >= 11 is 12.4. The van der Waals surface area contributed by atoms with Gasteiger partial charge < -0.3 is 19.9 Å². The molecule has 0 aromatic heterocycles. The highest BCUT2D eigenvalue weighted by molar-refractivity contribution is 6.32. The van der Waals surface area contributed by atoms with Crippen LogP contribution in [-0.4, -0.2) is 24.2 Å². The molecule has 1 unspecified atom stereocenters. The summed E-state index contributed by atoms with van der Waals surface area (Å²) < 4.78 is 11.8. The third-order valence-corrected chi connectivity index (χ3v) is 6.80. The Balaban J connectivity index is 1.22. The molecule has 0 bridgehead atoms. The Kier molecular flexibility index (Phi) is 6.89. The highest BCUT2D eigenvalue weighted by Crippen LogP contribution is 2.46. The first kappa shape index (κ1) is 23.6. The Morgan fingerprint density at radius 3 is 2.51 bits per heavy atom. The van der Waals surface area contributed by atoms with Gasteiger partial charge in [-0.05, 0) is 79.3 Å². The molecule has 180 valence electrons. The number of aliphatic hydroxyl groups excluding tert-OH is 1. The van der Waals surface area contributed by atoms with Crippen LogP contribution in [0.25, 0.3) is 0 Å². The van der Waals surface area contributed by atoms with Gasteiger partial charge in [0.15, 0.2) is 0 Å². The molecular weight excluding hydrogens is 485 g/mol. The van der Waals surface area contributed by atoms with Crippen molar-refractivity contribution in [1.82, 2.24) is 5.32 Å². The second-order valence-electron chi connectivity index (χ2n) is 8.76. The molecule has 0 radical (unpaired) electrons. The Morgan fingerprint density at radius 2 is 1.80 bits per heavy atom. The van der Waals surface area contributed by atoms with Gasteiger partial charge in [0.1, 0.15) is 17.2 Å². The molecule has 2 N–H and O–H groups in total. The monoisotopic (exact) mass is 509 g/mol. The third kappa shape index (κ3) is 5.58. The number of amides is 1. The zero-order valence-corrected chi connectivity index (χ0v) is 20.5. The second kappa shape index (κ2) is 10.2. The normalized spacial score (nSPS) is 16.2. The van der Waals surface area contributed by atoms with Crippen LogP contribution >= 0.6 is 23.2 Å². The van der Waals surface area contributed by atoms with Crippen LogP contribution in [0, 0.1) is 0 Å². The number of rotatable bonds is 7. The summed E-state index contributed by atoms with van der Waals surface area (Å²) in [5.74, 6) is 1.91. The fourth-order valence-electron chi connectivity index (χ4n) is 4.19. The summed E-state index contributed by atoms with van der Waals surface area (Å²) in [5.41, 5.74) is 3.65. The van der Waals surface area contributed by atoms with Gasteiger partial charge in [0.2, 0.25) is 0 Å². The smallest absolute Gasteiger partial charge is 0.251 e. The molecule has 1 saturated carbocycles. The molecule has 7 heteroatoms. The summed E-state index contributed by atoms with van der Waals surface area (Å²) in [6.45, 7) is 1.05. The molecule has 1 aliphatic heterocycles. The van der Waals surface area contributed by atoms with Gasteiger partial charge in [-0.25, -0.2) is 0 Å². The number of aliphatic hydroxyl groups is 1. The van der Waals surface area contributed by atoms with E-state index in [0.29, 0.717) is 51.8 Å². The van der Waals surface area contributed by atoms with Crippen LogP contribution in [0.2, 0.25) is 10.0 Å². The van der Waals surface area contributed by atoms with Crippen molar-refractivity contribution in [1.29, 1.82) is 0 Å². The topological polar surface area (TPSA) is 67.8 Å². The molecule has 3 aromatic rings. The highest BCUT2D eigenvalue weighted by Gasteiger charge is 2.31. The van der Waals surface area contributed by atoms with Crippen molar-refractivity contribution >= 4 is 29.1 Å². The van der Waals surface area contributed by atoms with Crippen LogP contribution in [0.15, 0.2) is 72.0 Å². The molecule has 5 rings (SSSR count). The van der Waals surface area contributed by atoms with Crippen molar-refractivity contribution in [2.24, 2.45) is 0 Å². The fourth-order valence-corrected chi connectivity index (χ4v) is 4.53. The van der Waals surface area contributed by atoms with Crippen molar-refractivity contribution in [3.8, 4) is 17.2 Å². The van der Waals surface area contributed by atoms with Gasteiger partial charge in [-0.2, -0.15) is 0 Å². The van der Waals surface area contributed by atoms with Gasteiger partial charge in [0.05, 0.1) is 17.4 Å². The Bertz CT molecular complexity index is 1260. The molecule has 0 saturated heterocycles. The van der Waals surface area contributed by atoms with Crippen molar-refractivity contribution in [3.05, 3.63) is 98.7 Å². The van der Waals surface area contributed by atoms with Crippen LogP contribution in [0.5, 0.6) is 17.2 Å². The molecule has 3 aromatic carbocycles. The average Bonchev–Trinajstić information content (AvgIpc) is 3.71. The van der Waals surface area contributed by atoms with E-state index in [1.54, 1.807) is 30.3 Å². The van der Waals surface area contributed by atoms with E-state index in [2.05, 4.69) is 5.32 Å². The van der Waals surface area contributed by atoms with Crippen molar-refractivity contribution in [2.45, 2.75) is 31.6 Å². The minimum atomic E-state index is -0.152. The van der Waals surface area contributed by atoms with Gasteiger partial charge >= 0.3 is 0 Å². The van der Waals surface area contributed by atoms with E-state index >= 15 is 0 Å². The minimum absolute atomic E-state index is 0.0831. The maximum atomic E-state index is 12.5. The molecule has 1 fully saturated rings. The summed E-state index contributed by atoms with van der Waals surface area (Å²) in [6.07, 6.45) is 3.37. The van der Waals surface area contributed by atoms with Crippen LogP contribution in [0.3, 0.4) is 0 Å². The molecule has 1 heterocycles. The summed E-state index contributed by atoms with van der Waals surface area (Å²) in [5, 5.41) is 14.6. The van der Waals surface area contributed by atoms with E-state index in [1.165, 1.54) is 0 Å². The number of carbonyl (C=O) groups excluding carboxylic acids is 1. The molecule has 0 spiro atoms. The summed E-state index contributed by atoms with van der Waals surface area (Å²) in [7, 11) is 0. The number of ether oxygens (including phenoxy) is 2. The first-order chi connectivity index (χ1) is 17.0. The molecular formula is C28H25Cl2NO4. The van der Waals surface area contributed by atoms with Gasteiger partial charge in [-0.1, -0.05) is 35.3 Å². The van der Waals surface area contributed by atoms with Crippen molar-refractivity contribution in [2.75, 3.05) is 13.2 Å². The second-order valence-corrected chi connectivity index (χ2v) is 9.60. The van der Waals surface area contributed by atoms with Crippen molar-refractivity contribution < 1.29 is 19.4 Å². The number of fused-ring (bicyclic) bond motifs is 1. The Hall–Kier alpha value is -3.15. The van der Waals surface area contributed by atoms with Gasteiger partial charge in [0.25, 0.3) is 5.91 Å². The minimum Gasteiger partial charge on any atom is -0.512 e. The van der Waals surface area contributed by atoms with E-state index in [0.717, 1.165) is 42.4 Å². The Morgan fingerprint density at radius 1 is 1.06 bits per heavy atom. The van der Waals surface area contributed by atoms with Crippen molar-refractivity contribution in [3.63, 3.8) is 0 Å². The average molecular weight is 510 g/mol. The lowest BCUT2D eigenvalue weighted by Crippen LogP contribution is -2.25. The van der Waals surface area contributed by atoms with Gasteiger partial charge in [-0.3, -0.25) is 4.79 Å². The SMILES string of the molecule is O=C(NCCc1ccc(Cl)cc1)c1ccc(Oc2cc3c(cc2Cl)C(C(O)=C2CC2)CCO3)cc1. The maximum absolute atomic E-state index is 12.5. The fraction of sp³-hybridized carbons (Fsp3) is 0.250. The van der Waals surface area contributed by atoms with Crippen LogP contribution in [-0.2, 0) is 6.42 Å². The maximum Gasteiger partial charge on any atom is 0.251 e. The van der Waals surface area contributed by atoms with E-state index in [4.69, 9.17) is 32.7 Å². The quantitative estimate of drug-likeness (QED) is 0.329. The van der Waals surface area contributed by atoms with E-state index in [9.17, 15) is 9.90 Å². The first-order valence-corrected chi connectivity index (χ1v) is 12.4. The molecule has 5 nitrogen and oxygen atoms in total. The van der Waals surface area contributed by atoms with E-state index in [-0.39, 0.29) is 11.8 Å². The molecule has 1 atom stereocenters. The van der Waals surface area contributed by atoms with Gasteiger partial charge in [0, 0.05) is 34.7 Å². The Labute approximate surface area is 214 Å². The van der Waals surface area contributed by atoms with E-state index in [1.807, 2.05) is 30.3 Å². The molecule has 2 aliphatic rings. The number of hydrogen-bond acceptors (Lipinski definition) is 4. The number of benzene rings is 3. The number of carbonyl (C=O) groups is 1. The first-order valence-electron chi connectivity index (χ1n) is 11.7. The number of halogens is 2. The van der Waals surface area contributed by atoms with Crippen LogP contribution in [0.1, 0.15) is 46.7 Å². The molecule has 35 heavy (non-hydrogen) atoms. The summed E-state index contributed by atoms with van der Waals surface area (Å²) in [4.78, 5) is 12.5. The third-order valence-electron chi connectivity index (χ3n) is 6.25. The highest BCUT2D eigenvalue weighted by atomic mass is 35.5.